The van der Waals surface area contributed by atoms with Crippen molar-refractivity contribution >= 4 is 15.8 Å². The average molecular weight is 451 g/mol. The van der Waals surface area contributed by atoms with Gasteiger partial charge in [-0.2, -0.15) is 4.31 Å². The SMILES string of the molecule is CCc1ccc(-c2ccc(N3CCN(S(=O)(=O)c4cc(C)c(C)cc4C)CC3)nn2)cc1. The summed E-state index contributed by atoms with van der Waals surface area (Å²) in [5.74, 6) is 0.776. The molecule has 0 atom stereocenters. The van der Waals surface area contributed by atoms with Crippen LogP contribution in [-0.2, 0) is 16.4 Å². The van der Waals surface area contributed by atoms with Gasteiger partial charge in [0.15, 0.2) is 5.82 Å². The highest BCUT2D eigenvalue weighted by Crippen LogP contribution is 2.26. The van der Waals surface area contributed by atoms with Crippen LogP contribution in [0.4, 0.5) is 5.82 Å². The largest absolute Gasteiger partial charge is 0.352 e. The number of anilines is 1. The Kier molecular flexibility index (Phi) is 6.31. The van der Waals surface area contributed by atoms with E-state index < -0.39 is 10.0 Å². The maximum atomic E-state index is 13.2. The fourth-order valence-corrected chi connectivity index (χ4v) is 5.78. The summed E-state index contributed by atoms with van der Waals surface area (Å²) in [6, 6.07) is 16.1. The number of sulfonamides is 1. The molecule has 0 spiro atoms. The fraction of sp³-hybridized carbons (Fsp3) is 0.360. The lowest BCUT2D eigenvalue weighted by atomic mass is 10.1. The second-order valence-corrected chi connectivity index (χ2v) is 10.3. The second kappa shape index (κ2) is 9.00. The summed E-state index contributed by atoms with van der Waals surface area (Å²) in [6.45, 7) is 9.98. The van der Waals surface area contributed by atoms with Crippen LogP contribution in [0.1, 0.15) is 29.2 Å². The van der Waals surface area contributed by atoms with Gasteiger partial charge in [-0.05, 0) is 67.6 Å². The number of rotatable bonds is 5. The van der Waals surface area contributed by atoms with Crippen molar-refractivity contribution in [3.8, 4) is 11.3 Å². The van der Waals surface area contributed by atoms with Crippen LogP contribution in [0.25, 0.3) is 11.3 Å². The van der Waals surface area contributed by atoms with E-state index in [0.717, 1.165) is 40.2 Å². The normalized spacial score (nSPS) is 15.2. The Bertz CT molecular complexity index is 1200. The molecular formula is C25H30N4O2S. The molecule has 32 heavy (non-hydrogen) atoms. The Morgan fingerprint density at radius 1 is 0.812 bits per heavy atom. The monoisotopic (exact) mass is 450 g/mol. The van der Waals surface area contributed by atoms with Crippen LogP contribution in [0.3, 0.4) is 0 Å². The standard InChI is InChI=1S/C25H30N4O2S/c1-5-21-6-8-22(9-7-21)23-10-11-25(27-26-23)28-12-14-29(15-13-28)32(30,31)24-17-19(3)18(2)16-20(24)4/h6-11,16-17H,5,12-15H2,1-4H3. The summed E-state index contributed by atoms with van der Waals surface area (Å²) in [4.78, 5) is 2.50. The third kappa shape index (κ3) is 4.40. The average Bonchev–Trinajstić information content (AvgIpc) is 2.81. The summed E-state index contributed by atoms with van der Waals surface area (Å²) in [5.41, 5.74) is 6.07. The van der Waals surface area contributed by atoms with Crippen LogP contribution in [0.15, 0.2) is 53.4 Å². The number of hydrogen-bond acceptors (Lipinski definition) is 5. The van der Waals surface area contributed by atoms with Gasteiger partial charge in [0, 0.05) is 31.7 Å². The third-order valence-electron chi connectivity index (χ3n) is 6.28. The third-order valence-corrected chi connectivity index (χ3v) is 8.32. The van der Waals surface area contributed by atoms with Crippen molar-refractivity contribution in [2.24, 2.45) is 0 Å². The minimum absolute atomic E-state index is 0.410. The van der Waals surface area contributed by atoms with Crippen LogP contribution in [0.2, 0.25) is 0 Å². The maximum absolute atomic E-state index is 13.2. The zero-order valence-electron chi connectivity index (χ0n) is 19.2. The Labute approximate surface area is 191 Å². The van der Waals surface area contributed by atoms with E-state index in [4.69, 9.17) is 0 Å². The molecule has 0 N–H and O–H groups in total. The first kappa shape index (κ1) is 22.4. The maximum Gasteiger partial charge on any atom is 0.243 e. The predicted octanol–water partition coefficient (Wildman–Crippen LogP) is 4.14. The zero-order valence-corrected chi connectivity index (χ0v) is 20.0. The van der Waals surface area contributed by atoms with Crippen molar-refractivity contribution in [3.63, 3.8) is 0 Å². The first-order chi connectivity index (χ1) is 15.3. The van der Waals surface area contributed by atoms with Gasteiger partial charge in [0.1, 0.15) is 0 Å². The second-order valence-electron chi connectivity index (χ2n) is 8.42. The summed E-state index contributed by atoms with van der Waals surface area (Å²) in [5, 5.41) is 8.81. The van der Waals surface area contributed by atoms with E-state index in [1.165, 1.54) is 5.56 Å². The molecule has 0 bridgehead atoms. The number of benzene rings is 2. The van der Waals surface area contributed by atoms with Crippen LogP contribution >= 0.6 is 0 Å². The lowest BCUT2D eigenvalue weighted by Crippen LogP contribution is -2.49. The molecule has 0 amide bonds. The Balaban J connectivity index is 1.45. The van der Waals surface area contributed by atoms with E-state index in [-0.39, 0.29) is 0 Å². The summed E-state index contributed by atoms with van der Waals surface area (Å²) in [7, 11) is -3.52. The van der Waals surface area contributed by atoms with Crippen molar-refractivity contribution in [1.29, 1.82) is 0 Å². The number of hydrogen-bond donors (Lipinski definition) is 0. The van der Waals surface area contributed by atoms with E-state index in [1.54, 1.807) is 10.4 Å². The van der Waals surface area contributed by atoms with Gasteiger partial charge in [-0.25, -0.2) is 8.42 Å². The lowest BCUT2D eigenvalue weighted by Gasteiger charge is -2.34. The number of aryl methyl sites for hydroxylation is 4. The molecule has 0 saturated carbocycles. The van der Waals surface area contributed by atoms with Gasteiger partial charge in [0.05, 0.1) is 10.6 Å². The molecule has 0 radical (unpaired) electrons. The first-order valence-electron chi connectivity index (χ1n) is 11.1. The van der Waals surface area contributed by atoms with Crippen molar-refractivity contribution in [1.82, 2.24) is 14.5 Å². The summed E-state index contributed by atoms with van der Waals surface area (Å²) >= 11 is 0. The quantitative estimate of drug-likeness (QED) is 0.584. The molecule has 1 aromatic heterocycles. The van der Waals surface area contributed by atoms with E-state index >= 15 is 0 Å². The van der Waals surface area contributed by atoms with Gasteiger partial charge in [0.2, 0.25) is 10.0 Å². The number of nitrogens with zero attached hydrogens (tertiary/aromatic N) is 4. The number of piperazine rings is 1. The molecule has 4 rings (SSSR count). The Morgan fingerprint density at radius 2 is 1.47 bits per heavy atom. The molecule has 1 fully saturated rings. The molecule has 2 heterocycles. The van der Waals surface area contributed by atoms with Gasteiger partial charge >= 0.3 is 0 Å². The molecule has 7 heteroatoms. The van der Waals surface area contributed by atoms with Crippen molar-refractivity contribution < 1.29 is 8.42 Å². The smallest absolute Gasteiger partial charge is 0.243 e. The minimum atomic E-state index is -3.52. The summed E-state index contributed by atoms with van der Waals surface area (Å²) < 4.78 is 28.1. The van der Waals surface area contributed by atoms with Crippen molar-refractivity contribution in [2.75, 3.05) is 31.1 Å². The zero-order chi connectivity index (χ0) is 22.9. The van der Waals surface area contributed by atoms with Gasteiger partial charge in [0.25, 0.3) is 0 Å². The molecule has 0 unspecified atom stereocenters. The van der Waals surface area contributed by atoms with E-state index in [9.17, 15) is 8.42 Å². The molecule has 1 saturated heterocycles. The molecule has 1 aliphatic heterocycles. The molecular weight excluding hydrogens is 420 g/mol. The van der Waals surface area contributed by atoms with Crippen LogP contribution in [-0.4, -0.2) is 49.1 Å². The molecule has 1 aliphatic rings. The highest BCUT2D eigenvalue weighted by Gasteiger charge is 2.30. The van der Waals surface area contributed by atoms with E-state index in [2.05, 4.69) is 46.3 Å². The van der Waals surface area contributed by atoms with E-state index in [1.807, 2.05) is 39.0 Å². The molecule has 2 aromatic carbocycles. The fourth-order valence-electron chi connectivity index (χ4n) is 4.07. The molecule has 168 valence electrons. The van der Waals surface area contributed by atoms with Crippen LogP contribution in [0, 0.1) is 20.8 Å². The minimum Gasteiger partial charge on any atom is -0.352 e. The first-order valence-corrected chi connectivity index (χ1v) is 12.5. The highest BCUT2D eigenvalue weighted by molar-refractivity contribution is 7.89. The van der Waals surface area contributed by atoms with Crippen molar-refractivity contribution in [2.45, 2.75) is 39.0 Å². The topological polar surface area (TPSA) is 66.4 Å². The van der Waals surface area contributed by atoms with Crippen LogP contribution in [0.5, 0.6) is 0 Å². The van der Waals surface area contributed by atoms with Gasteiger partial charge in [-0.15, -0.1) is 10.2 Å². The van der Waals surface area contributed by atoms with Gasteiger partial charge in [-0.1, -0.05) is 37.3 Å². The molecule has 6 nitrogen and oxygen atoms in total. The highest BCUT2D eigenvalue weighted by atomic mass is 32.2. The predicted molar refractivity (Wildman–Crippen MR) is 128 cm³/mol. The Morgan fingerprint density at radius 3 is 2.06 bits per heavy atom. The summed E-state index contributed by atoms with van der Waals surface area (Å²) in [6.07, 6.45) is 1.01. The van der Waals surface area contributed by atoms with Gasteiger partial charge in [-0.3, -0.25) is 0 Å². The number of aromatic nitrogens is 2. The van der Waals surface area contributed by atoms with E-state index in [0.29, 0.717) is 31.1 Å². The Hall–Kier alpha value is -2.77. The molecule has 0 aliphatic carbocycles. The molecule has 3 aromatic rings. The van der Waals surface area contributed by atoms with Gasteiger partial charge < -0.3 is 4.90 Å². The lowest BCUT2D eigenvalue weighted by molar-refractivity contribution is 0.383. The van der Waals surface area contributed by atoms with Crippen LogP contribution < -0.4 is 4.90 Å². The van der Waals surface area contributed by atoms with Crippen molar-refractivity contribution in [3.05, 3.63) is 70.8 Å².